The number of rotatable bonds is 5. The van der Waals surface area contributed by atoms with Gasteiger partial charge in [0.2, 0.25) is 0 Å². The molecule has 2 aromatic heterocycles. The van der Waals surface area contributed by atoms with Crippen molar-refractivity contribution >= 4 is 27.8 Å². The second kappa shape index (κ2) is 6.72. The summed E-state index contributed by atoms with van der Waals surface area (Å²) in [6, 6.07) is 14.5. The molecular weight excluding hydrogens is 329 g/mol. The highest BCUT2D eigenvalue weighted by Gasteiger charge is 2.13. The summed E-state index contributed by atoms with van der Waals surface area (Å²) in [5.74, 6) is 1.15. The highest BCUT2D eigenvalue weighted by Crippen LogP contribution is 2.30. The summed E-state index contributed by atoms with van der Waals surface area (Å²) in [4.78, 5) is 14.8. The molecule has 0 amide bonds. The van der Waals surface area contributed by atoms with Crippen LogP contribution < -0.4 is 5.32 Å². The first-order valence-corrected chi connectivity index (χ1v) is 8.54. The highest BCUT2D eigenvalue weighted by molar-refractivity contribution is 5.90. The van der Waals surface area contributed by atoms with Crippen molar-refractivity contribution in [3.05, 3.63) is 54.3 Å². The number of nitrogens with one attached hydrogen (secondary N) is 2. The molecule has 2 heterocycles. The highest BCUT2D eigenvalue weighted by atomic mass is 19.1. The zero-order valence-electron chi connectivity index (χ0n) is 14.8. The molecule has 0 atom stereocenters. The molecule has 6 heteroatoms. The Hall–Kier alpha value is -2.99. The van der Waals surface area contributed by atoms with Gasteiger partial charge in [-0.05, 0) is 44.4 Å². The van der Waals surface area contributed by atoms with E-state index in [4.69, 9.17) is 4.98 Å². The van der Waals surface area contributed by atoms with Crippen molar-refractivity contribution in [3.63, 3.8) is 0 Å². The quantitative estimate of drug-likeness (QED) is 0.574. The van der Waals surface area contributed by atoms with E-state index in [1.165, 1.54) is 12.1 Å². The monoisotopic (exact) mass is 349 g/mol. The average molecular weight is 349 g/mol. The summed E-state index contributed by atoms with van der Waals surface area (Å²) < 4.78 is 13.6. The van der Waals surface area contributed by atoms with Crippen molar-refractivity contribution in [1.29, 1.82) is 0 Å². The van der Waals surface area contributed by atoms with E-state index in [0.29, 0.717) is 11.3 Å². The van der Waals surface area contributed by atoms with Crippen LogP contribution in [0.5, 0.6) is 0 Å². The number of imidazole rings is 1. The zero-order valence-corrected chi connectivity index (χ0v) is 14.8. The maximum absolute atomic E-state index is 13.6. The second-order valence-corrected chi connectivity index (χ2v) is 6.55. The smallest absolute Gasteiger partial charge is 0.142 e. The Morgan fingerprint density at radius 1 is 1.04 bits per heavy atom. The van der Waals surface area contributed by atoms with Crippen LogP contribution in [-0.2, 0) is 0 Å². The maximum atomic E-state index is 13.6. The molecule has 5 nitrogen and oxygen atoms in total. The third-order valence-corrected chi connectivity index (χ3v) is 4.28. The van der Waals surface area contributed by atoms with Crippen molar-refractivity contribution in [3.8, 4) is 11.4 Å². The van der Waals surface area contributed by atoms with E-state index in [9.17, 15) is 4.39 Å². The number of hydrogen-bond donors (Lipinski definition) is 2. The summed E-state index contributed by atoms with van der Waals surface area (Å²) >= 11 is 0. The van der Waals surface area contributed by atoms with Crippen LogP contribution in [0.4, 0.5) is 10.2 Å². The number of para-hydroxylation sites is 2. The maximum Gasteiger partial charge on any atom is 0.142 e. The normalized spacial score (nSPS) is 11.5. The molecule has 4 rings (SSSR count). The molecule has 0 bridgehead atoms. The number of aromatic nitrogens is 3. The van der Waals surface area contributed by atoms with Crippen molar-refractivity contribution in [2.75, 3.05) is 32.5 Å². The van der Waals surface area contributed by atoms with Crippen LogP contribution in [0.2, 0.25) is 0 Å². The number of hydrogen-bond acceptors (Lipinski definition) is 4. The Morgan fingerprint density at radius 2 is 1.88 bits per heavy atom. The summed E-state index contributed by atoms with van der Waals surface area (Å²) in [7, 11) is 4.04. The van der Waals surface area contributed by atoms with Crippen LogP contribution in [0.15, 0.2) is 48.5 Å². The standard InChI is InChI=1S/C20H20FN5/c1-26(2)10-9-22-19-15(11-13-7-8-14(21)12-18(13)25-19)20-23-16-5-3-4-6-17(16)24-20/h3-8,11-12H,9-10H2,1-2H3,(H,22,25)(H,23,24). The first-order valence-electron chi connectivity index (χ1n) is 8.54. The SMILES string of the molecule is CN(C)CCNc1nc2cc(F)ccc2cc1-c1nc2ccccc2[nH]1. The molecule has 2 aromatic carbocycles. The van der Waals surface area contributed by atoms with Crippen LogP contribution in [0.1, 0.15) is 0 Å². The van der Waals surface area contributed by atoms with Gasteiger partial charge in [0.05, 0.1) is 22.1 Å². The molecule has 132 valence electrons. The fraction of sp³-hybridized carbons (Fsp3) is 0.200. The van der Waals surface area contributed by atoms with Gasteiger partial charge in [-0.2, -0.15) is 0 Å². The lowest BCUT2D eigenvalue weighted by Crippen LogP contribution is -2.21. The Morgan fingerprint density at radius 3 is 2.69 bits per heavy atom. The summed E-state index contributed by atoms with van der Waals surface area (Å²) in [6.07, 6.45) is 0. The topological polar surface area (TPSA) is 56.8 Å². The average Bonchev–Trinajstić information content (AvgIpc) is 3.04. The number of nitrogens with zero attached hydrogens (tertiary/aromatic N) is 3. The first kappa shape index (κ1) is 16.5. The predicted octanol–water partition coefficient (Wildman–Crippen LogP) is 3.89. The van der Waals surface area contributed by atoms with E-state index in [1.54, 1.807) is 6.07 Å². The fourth-order valence-electron chi connectivity index (χ4n) is 2.93. The minimum absolute atomic E-state index is 0.291. The number of fused-ring (bicyclic) bond motifs is 2. The molecule has 0 saturated heterocycles. The lowest BCUT2D eigenvalue weighted by Gasteiger charge is -2.14. The van der Waals surface area contributed by atoms with Gasteiger partial charge in [0.15, 0.2) is 0 Å². The molecule has 0 radical (unpaired) electrons. The van der Waals surface area contributed by atoms with Crippen LogP contribution in [-0.4, -0.2) is 47.0 Å². The van der Waals surface area contributed by atoms with E-state index in [2.05, 4.69) is 20.2 Å². The van der Waals surface area contributed by atoms with Gasteiger partial charge in [0.25, 0.3) is 0 Å². The van der Waals surface area contributed by atoms with Crippen molar-refractivity contribution in [2.24, 2.45) is 0 Å². The molecule has 0 aliphatic heterocycles. The first-order chi connectivity index (χ1) is 12.6. The fourth-order valence-corrected chi connectivity index (χ4v) is 2.93. The number of halogens is 1. The molecule has 0 unspecified atom stereocenters. The van der Waals surface area contributed by atoms with Crippen molar-refractivity contribution in [1.82, 2.24) is 19.9 Å². The third kappa shape index (κ3) is 3.23. The number of pyridine rings is 1. The van der Waals surface area contributed by atoms with Gasteiger partial charge >= 0.3 is 0 Å². The molecule has 0 fully saturated rings. The molecule has 2 N–H and O–H groups in total. The second-order valence-electron chi connectivity index (χ2n) is 6.55. The van der Waals surface area contributed by atoms with Crippen molar-refractivity contribution < 1.29 is 4.39 Å². The van der Waals surface area contributed by atoms with Crippen LogP contribution in [0.3, 0.4) is 0 Å². The number of benzene rings is 2. The van der Waals surface area contributed by atoms with Gasteiger partial charge in [-0.15, -0.1) is 0 Å². The van der Waals surface area contributed by atoms with Gasteiger partial charge < -0.3 is 15.2 Å². The Bertz CT molecular complexity index is 1040. The third-order valence-electron chi connectivity index (χ3n) is 4.28. The van der Waals surface area contributed by atoms with E-state index < -0.39 is 0 Å². The van der Waals surface area contributed by atoms with Crippen molar-refractivity contribution in [2.45, 2.75) is 0 Å². The van der Waals surface area contributed by atoms with E-state index in [1.807, 2.05) is 44.4 Å². The Labute approximate surface area is 150 Å². The van der Waals surface area contributed by atoms with Gasteiger partial charge in [-0.3, -0.25) is 0 Å². The van der Waals surface area contributed by atoms with Gasteiger partial charge in [-0.1, -0.05) is 12.1 Å². The van der Waals surface area contributed by atoms with Gasteiger partial charge in [0, 0.05) is 24.5 Å². The van der Waals surface area contributed by atoms with E-state index in [0.717, 1.165) is 40.9 Å². The Balaban J connectivity index is 1.83. The van der Waals surface area contributed by atoms with E-state index in [-0.39, 0.29) is 5.82 Å². The van der Waals surface area contributed by atoms with Crippen LogP contribution in [0, 0.1) is 5.82 Å². The number of anilines is 1. The number of aromatic amines is 1. The number of H-pyrrole nitrogens is 1. The lowest BCUT2D eigenvalue weighted by atomic mass is 10.1. The zero-order chi connectivity index (χ0) is 18.1. The molecular formula is C20H20FN5. The minimum atomic E-state index is -0.291. The summed E-state index contributed by atoms with van der Waals surface area (Å²) in [5.41, 5.74) is 3.37. The predicted molar refractivity (Wildman–Crippen MR) is 104 cm³/mol. The number of likely N-dealkylation sites (N-methyl/N-ethyl adjacent to an activating group) is 1. The lowest BCUT2D eigenvalue weighted by molar-refractivity contribution is 0.425. The largest absolute Gasteiger partial charge is 0.368 e. The molecule has 26 heavy (non-hydrogen) atoms. The van der Waals surface area contributed by atoms with E-state index >= 15 is 0 Å². The Kier molecular flexibility index (Phi) is 4.26. The van der Waals surface area contributed by atoms with Crippen LogP contribution >= 0.6 is 0 Å². The summed E-state index contributed by atoms with van der Waals surface area (Å²) in [5, 5.41) is 4.24. The van der Waals surface area contributed by atoms with Gasteiger partial charge in [0.1, 0.15) is 17.5 Å². The summed E-state index contributed by atoms with van der Waals surface area (Å²) in [6.45, 7) is 1.59. The molecule has 0 saturated carbocycles. The molecule has 0 aliphatic carbocycles. The molecule has 0 spiro atoms. The minimum Gasteiger partial charge on any atom is -0.368 e. The van der Waals surface area contributed by atoms with Gasteiger partial charge in [-0.25, -0.2) is 14.4 Å². The molecule has 4 aromatic rings. The molecule has 0 aliphatic rings. The van der Waals surface area contributed by atoms with Crippen LogP contribution in [0.25, 0.3) is 33.3 Å².